The minimum atomic E-state index is -0.443. The van der Waals surface area contributed by atoms with Gasteiger partial charge in [0.2, 0.25) is 0 Å². The first-order chi connectivity index (χ1) is 9.15. The van der Waals surface area contributed by atoms with E-state index in [0.29, 0.717) is 22.0 Å². The summed E-state index contributed by atoms with van der Waals surface area (Å²) < 4.78 is 9.75. The van der Waals surface area contributed by atoms with Gasteiger partial charge in [0.1, 0.15) is 16.4 Å². The maximum atomic E-state index is 11.1. The highest BCUT2D eigenvalue weighted by Gasteiger charge is 2.07. The second kappa shape index (κ2) is 5.71. The molecular formula is C14H12ClNO3. The number of carbonyl (C=O) groups excluding carboxylic acids is 1. The fraction of sp³-hybridized carbons (Fsp3) is 0.143. The first-order valence-electron chi connectivity index (χ1n) is 5.55. The Bertz CT molecular complexity index is 652. The van der Waals surface area contributed by atoms with Crippen molar-refractivity contribution in [3.8, 4) is 5.75 Å². The fourth-order valence-corrected chi connectivity index (χ4v) is 1.87. The van der Waals surface area contributed by atoms with Gasteiger partial charge in [0.05, 0.1) is 14.2 Å². The zero-order valence-corrected chi connectivity index (χ0v) is 11.3. The Hall–Kier alpha value is -2.07. The lowest BCUT2D eigenvalue weighted by molar-refractivity contribution is -0.134. The molecule has 0 N–H and O–H groups in total. The normalized spacial score (nSPS) is 10.9. The Morgan fingerprint density at radius 1 is 1.37 bits per heavy atom. The van der Waals surface area contributed by atoms with Crippen LogP contribution in [0, 0.1) is 0 Å². The zero-order chi connectivity index (χ0) is 13.8. The fourth-order valence-electron chi connectivity index (χ4n) is 1.67. The second-order valence-electron chi connectivity index (χ2n) is 3.76. The molecule has 0 spiro atoms. The highest BCUT2D eigenvalue weighted by atomic mass is 35.5. The number of pyridine rings is 1. The van der Waals surface area contributed by atoms with E-state index >= 15 is 0 Å². The minimum Gasteiger partial charge on any atom is -0.494 e. The molecule has 0 bridgehead atoms. The number of nitrogens with zero attached hydrogens (tertiary/aromatic N) is 1. The third kappa shape index (κ3) is 2.85. The molecule has 0 radical (unpaired) electrons. The van der Waals surface area contributed by atoms with Crippen LogP contribution in [0.5, 0.6) is 5.75 Å². The van der Waals surface area contributed by atoms with Crippen LogP contribution in [0.3, 0.4) is 0 Å². The first kappa shape index (κ1) is 13.4. The van der Waals surface area contributed by atoms with Crippen molar-refractivity contribution >= 4 is 34.5 Å². The summed E-state index contributed by atoms with van der Waals surface area (Å²) in [5.41, 5.74) is 1.33. The highest BCUT2D eigenvalue weighted by molar-refractivity contribution is 6.31. The number of rotatable bonds is 3. The standard InChI is InChI=1S/C14H12ClNO3/c1-18-11-5-3-4-9-8-10(6-7-12(17)19-2)14(15)16-13(9)11/h3-8H,1-2H3/b7-6+. The van der Waals surface area contributed by atoms with E-state index in [1.165, 1.54) is 13.2 Å². The summed E-state index contributed by atoms with van der Waals surface area (Å²) in [6, 6.07) is 7.42. The van der Waals surface area contributed by atoms with Crippen LogP contribution in [-0.2, 0) is 9.53 Å². The molecule has 0 atom stereocenters. The number of esters is 1. The molecule has 2 rings (SSSR count). The third-order valence-electron chi connectivity index (χ3n) is 2.61. The summed E-state index contributed by atoms with van der Waals surface area (Å²) in [5.74, 6) is 0.213. The number of methoxy groups -OCH3 is 2. The van der Waals surface area contributed by atoms with Gasteiger partial charge in [-0.2, -0.15) is 0 Å². The number of fused-ring (bicyclic) bond motifs is 1. The molecule has 0 saturated carbocycles. The van der Waals surface area contributed by atoms with Crippen LogP contribution in [0.2, 0.25) is 5.15 Å². The SMILES string of the molecule is COC(=O)/C=C/c1cc2cccc(OC)c2nc1Cl. The van der Waals surface area contributed by atoms with Gasteiger partial charge in [-0.1, -0.05) is 23.7 Å². The maximum Gasteiger partial charge on any atom is 0.330 e. The molecule has 19 heavy (non-hydrogen) atoms. The lowest BCUT2D eigenvalue weighted by Crippen LogP contribution is -1.94. The minimum absolute atomic E-state index is 0.303. The number of halogens is 1. The summed E-state index contributed by atoms with van der Waals surface area (Å²) in [7, 11) is 2.90. The van der Waals surface area contributed by atoms with Crippen LogP contribution in [0.25, 0.3) is 17.0 Å². The maximum absolute atomic E-state index is 11.1. The molecule has 0 unspecified atom stereocenters. The Kier molecular flexibility index (Phi) is 4.02. The molecule has 0 fully saturated rings. The average molecular weight is 278 g/mol. The van der Waals surface area contributed by atoms with Crippen molar-refractivity contribution in [1.29, 1.82) is 0 Å². The van der Waals surface area contributed by atoms with Crippen molar-refractivity contribution in [3.63, 3.8) is 0 Å². The van der Waals surface area contributed by atoms with Crippen LogP contribution in [0.4, 0.5) is 0 Å². The summed E-state index contributed by atoms with van der Waals surface area (Å²) >= 11 is 6.09. The summed E-state index contributed by atoms with van der Waals surface area (Å²) in [6.07, 6.45) is 2.87. The van der Waals surface area contributed by atoms with E-state index in [1.807, 2.05) is 24.3 Å². The molecular weight excluding hydrogens is 266 g/mol. The molecule has 0 saturated heterocycles. The number of carbonyl (C=O) groups is 1. The van der Waals surface area contributed by atoms with E-state index in [-0.39, 0.29) is 0 Å². The second-order valence-corrected chi connectivity index (χ2v) is 4.11. The van der Waals surface area contributed by atoms with Gasteiger partial charge in [-0.25, -0.2) is 9.78 Å². The molecule has 0 aliphatic carbocycles. The molecule has 1 aromatic carbocycles. The van der Waals surface area contributed by atoms with Crippen LogP contribution in [-0.4, -0.2) is 25.2 Å². The van der Waals surface area contributed by atoms with Crippen LogP contribution in [0.15, 0.2) is 30.3 Å². The van der Waals surface area contributed by atoms with Crippen molar-refractivity contribution in [1.82, 2.24) is 4.98 Å². The van der Waals surface area contributed by atoms with Gasteiger partial charge < -0.3 is 9.47 Å². The van der Waals surface area contributed by atoms with Crippen LogP contribution in [0.1, 0.15) is 5.56 Å². The van der Waals surface area contributed by atoms with Crippen molar-refractivity contribution < 1.29 is 14.3 Å². The van der Waals surface area contributed by atoms with E-state index in [4.69, 9.17) is 16.3 Å². The summed E-state index contributed by atoms with van der Waals surface area (Å²) in [5, 5.41) is 1.19. The largest absolute Gasteiger partial charge is 0.494 e. The quantitative estimate of drug-likeness (QED) is 0.491. The Labute approximate surface area is 115 Å². The number of aromatic nitrogens is 1. The van der Waals surface area contributed by atoms with Crippen molar-refractivity contribution in [2.75, 3.05) is 14.2 Å². The lowest BCUT2D eigenvalue weighted by atomic mass is 10.1. The van der Waals surface area contributed by atoms with Crippen molar-refractivity contribution in [2.45, 2.75) is 0 Å². The number of hydrogen-bond donors (Lipinski definition) is 0. The first-order valence-corrected chi connectivity index (χ1v) is 5.93. The molecule has 1 aromatic heterocycles. The Morgan fingerprint density at radius 2 is 2.16 bits per heavy atom. The van der Waals surface area contributed by atoms with Gasteiger partial charge in [0, 0.05) is 17.0 Å². The summed E-state index contributed by atoms with van der Waals surface area (Å²) in [6.45, 7) is 0. The van der Waals surface area contributed by atoms with Gasteiger partial charge in [0.15, 0.2) is 0 Å². The topological polar surface area (TPSA) is 48.4 Å². The number of para-hydroxylation sites is 1. The molecule has 2 aromatic rings. The molecule has 5 heteroatoms. The van der Waals surface area contributed by atoms with E-state index in [0.717, 1.165) is 5.39 Å². The van der Waals surface area contributed by atoms with E-state index < -0.39 is 5.97 Å². The highest BCUT2D eigenvalue weighted by Crippen LogP contribution is 2.28. The van der Waals surface area contributed by atoms with Gasteiger partial charge in [-0.3, -0.25) is 0 Å². The van der Waals surface area contributed by atoms with Crippen LogP contribution < -0.4 is 4.74 Å². The molecule has 0 aliphatic heterocycles. The van der Waals surface area contributed by atoms with Gasteiger partial charge in [-0.05, 0) is 18.2 Å². The lowest BCUT2D eigenvalue weighted by Gasteiger charge is -2.06. The van der Waals surface area contributed by atoms with E-state index in [1.54, 1.807) is 13.2 Å². The molecule has 1 heterocycles. The Balaban J connectivity index is 2.51. The molecule has 98 valence electrons. The molecule has 0 aliphatic rings. The summed E-state index contributed by atoms with van der Waals surface area (Å²) in [4.78, 5) is 15.4. The Morgan fingerprint density at radius 3 is 2.84 bits per heavy atom. The van der Waals surface area contributed by atoms with E-state index in [9.17, 15) is 4.79 Å². The predicted octanol–water partition coefficient (Wildman–Crippen LogP) is 3.08. The van der Waals surface area contributed by atoms with Gasteiger partial charge in [-0.15, -0.1) is 0 Å². The van der Waals surface area contributed by atoms with Gasteiger partial charge >= 0.3 is 5.97 Å². The zero-order valence-electron chi connectivity index (χ0n) is 10.5. The van der Waals surface area contributed by atoms with Gasteiger partial charge in [0.25, 0.3) is 0 Å². The van der Waals surface area contributed by atoms with E-state index in [2.05, 4.69) is 9.72 Å². The van der Waals surface area contributed by atoms with Crippen molar-refractivity contribution in [3.05, 3.63) is 41.1 Å². The number of benzene rings is 1. The monoisotopic (exact) mass is 277 g/mol. The number of ether oxygens (including phenoxy) is 2. The molecule has 4 nitrogen and oxygen atoms in total. The van der Waals surface area contributed by atoms with Crippen molar-refractivity contribution in [2.24, 2.45) is 0 Å². The number of hydrogen-bond acceptors (Lipinski definition) is 4. The molecule has 0 amide bonds. The van der Waals surface area contributed by atoms with Crippen LogP contribution >= 0.6 is 11.6 Å². The predicted molar refractivity (Wildman–Crippen MR) is 74.4 cm³/mol. The smallest absolute Gasteiger partial charge is 0.330 e. The third-order valence-corrected chi connectivity index (χ3v) is 2.91. The average Bonchev–Trinajstić information content (AvgIpc) is 2.44.